The van der Waals surface area contributed by atoms with Gasteiger partial charge in [0.1, 0.15) is 22.8 Å². The number of benzene rings is 1. The first-order chi connectivity index (χ1) is 19.2. The smallest absolute Gasteiger partial charge is 0.255 e. The number of Topliss-reactive ketones (excluding diaryl/α,β-unsaturated/α-hetero) is 2. The topological polar surface area (TPSA) is 168 Å². The number of aliphatic hydroxyl groups excluding tert-OH is 2. The third kappa shape index (κ3) is 4.41. The summed E-state index contributed by atoms with van der Waals surface area (Å²) in [7, 11) is 7.00. The number of amides is 1. The van der Waals surface area contributed by atoms with E-state index in [0.717, 1.165) is 24.3 Å². The third-order valence-electron chi connectivity index (χ3n) is 9.28. The molecule has 0 saturated heterocycles. The van der Waals surface area contributed by atoms with E-state index >= 15 is 0 Å². The zero-order valence-corrected chi connectivity index (χ0v) is 24.3. The maximum absolute atomic E-state index is 14.0. The Morgan fingerprint density at radius 1 is 1.12 bits per heavy atom. The van der Waals surface area contributed by atoms with Gasteiger partial charge >= 0.3 is 0 Å². The first kappa shape index (κ1) is 29.1. The van der Waals surface area contributed by atoms with Crippen LogP contribution in [-0.4, -0.2) is 101 Å². The van der Waals surface area contributed by atoms with E-state index in [1.807, 2.05) is 19.0 Å². The number of hydrogen-bond acceptors (Lipinski definition) is 10. The molecule has 1 aromatic carbocycles. The summed E-state index contributed by atoms with van der Waals surface area (Å²) in [5.41, 5.74) is 4.17. The van der Waals surface area contributed by atoms with Crippen LogP contribution in [-0.2, 0) is 22.6 Å². The van der Waals surface area contributed by atoms with Crippen molar-refractivity contribution in [1.29, 1.82) is 0 Å². The van der Waals surface area contributed by atoms with E-state index in [4.69, 9.17) is 5.73 Å². The van der Waals surface area contributed by atoms with Crippen LogP contribution in [0.4, 0.5) is 5.69 Å². The summed E-state index contributed by atoms with van der Waals surface area (Å²) in [6.07, 6.45) is 2.76. The van der Waals surface area contributed by atoms with Gasteiger partial charge in [-0.25, -0.2) is 0 Å². The number of primary amides is 1. The number of carbonyl (C=O) groups is 3. The van der Waals surface area contributed by atoms with E-state index in [1.165, 1.54) is 12.8 Å². The molecule has 1 amide bonds. The van der Waals surface area contributed by atoms with Crippen molar-refractivity contribution in [2.45, 2.75) is 50.8 Å². The minimum Gasteiger partial charge on any atom is -0.510 e. The molecule has 0 heterocycles. The molecular weight excluding hydrogens is 528 g/mol. The number of aliphatic hydroxyl groups is 3. The molecule has 6 N–H and O–H groups in total. The first-order valence-corrected chi connectivity index (χ1v) is 14.2. The fourth-order valence-electron chi connectivity index (χ4n) is 7.26. The fraction of sp³-hybridized carbons (Fsp3) is 0.567. The number of nitrogens with two attached hydrogens (primary N) is 1. The number of phenolic OH excluding ortho intramolecular Hbond substituents is 1. The summed E-state index contributed by atoms with van der Waals surface area (Å²) in [5.74, 6) is -5.79. The zero-order chi connectivity index (χ0) is 30.1. The largest absolute Gasteiger partial charge is 0.510 e. The molecule has 0 aromatic heterocycles. The van der Waals surface area contributed by atoms with Crippen molar-refractivity contribution >= 4 is 23.2 Å². The lowest BCUT2D eigenvalue weighted by atomic mass is 9.58. The van der Waals surface area contributed by atoms with E-state index in [2.05, 4.69) is 11.8 Å². The van der Waals surface area contributed by atoms with Gasteiger partial charge in [-0.3, -0.25) is 24.2 Å². The minimum atomic E-state index is -2.64. The number of allylic oxidation sites excluding steroid dienone is 1. The number of carbonyl (C=O) groups excluding carboxylic acids is 3. The van der Waals surface area contributed by atoms with Gasteiger partial charge < -0.3 is 31.1 Å². The second-order valence-electron chi connectivity index (χ2n) is 12.4. The number of anilines is 1. The molecule has 0 aliphatic heterocycles. The van der Waals surface area contributed by atoms with Gasteiger partial charge in [-0.1, -0.05) is 6.92 Å². The highest BCUT2D eigenvalue weighted by Gasteiger charge is 2.63. The van der Waals surface area contributed by atoms with Crippen LogP contribution in [0.1, 0.15) is 47.7 Å². The number of fused-ring (bicyclic) bond motifs is 3. The molecule has 11 nitrogen and oxygen atoms in total. The van der Waals surface area contributed by atoms with E-state index in [9.17, 15) is 34.8 Å². The van der Waals surface area contributed by atoms with Gasteiger partial charge in [-0.05, 0) is 75.4 Å². The second kappa shape index (κ2) is 10.1. The molecule has 4 aliphatic carbocycles. The third-order valence-corrected chi connectivity index (χ3v) is 9.28. The molecule has 5 rings (SSSR count). The highest BCUT2D eigenvalue weighted by atomic mass is 16.3. The number of ketones is 2. The van der Waals surface area contributed by atoms with E-state index in [1.54, 1.807) is 25.1 Å². The zero-order valence-electron chi connectivity index (χ0n) is 24.3. The number of aromatic hydroxyl groups is 1. The van der Waals surface area contributed by atoms with E-state index in [0.29, 0.717) is 18.0 Å². The lowest BCUT2D eigenvalue weighted by Crippen LogP contribution is -2.63. The van der Waals surface area contributed by atoms with Gasteiger partial charge in [-0.2, -0.15) is 0 Å². The van der Waals surface area contributed by atoms with Crippen LogP contribution in [0, 0.1) is 17.8 Å². The van der Waals surface area contributed by atoms with Crippen molar-refractivity contribution in [2.24, 2.45) is 23.5 Å². The van der Waals surface area contributed by atoms with Gasteiger partial charge in [0.05, 0.1) is 11.6 Å². The molecule has 4 aliphatic rings. The van der Waals surface area contributed by atoms with Crippen LogP contribution >= 0.6 is 0 Å². The highest BCUT2D eigenvalue weighted by molar-refractivity contribution is 6.24. The summed E-state index contributed by atoms with van der Waals surface area (Å²) in [6.45, 7) is 4.51. The molecule has 4 atom stereocenters. The maximum Gasteiger partial charge on any atom is 0.255 e. The number of hydrogen-bond donors (Lipinski definition) is 5. The van der Waals surface area contributed by atoms with Gasteiger partial charge in [0.25, 0.3) is 5.91 Å². The Hall–Kier alpha value is -3.41. The van der Waals surface area contributed by atoms with Crippen LogP contribution in [0.3, 0.4) is 0 Å². The Morgan fingerprint density at radius 3 is 2.32 bits per heavy atom. The van der Waals surface area contributed by atoms with Gasteiger partial charge in [0.15, 0.2) is 11.4 Å². The normalized spacial score (nSPS) is 27.8. The Morgan fingerprint density at radius 2 is 1.78 bits per heavy atom. The van der Waals surface area contributed by atoms with Crippen molar-refractivity contribution in [3.63, 3.8) is 0 Å². The monoisotopic (exact) mass is 568 g/mol. The Balaban J connectivity index is 1.65. The van der Waals surface area contributed by atoms with Crippen LogP contribution in [0.25, 0.3) is 0 Å². The van der Waals surface area contributed by atoms with Crippen molar-refractivity contribution in [3.05, 3.63) is 45.4 Å². The Bertz CT molecular complexity index is 1390. The average Bonchev–Trinajstić information content (AvgIpc) is 3.69. The summed E-state index contributed by atoms with van der Waals surface area (Å²) < 4.78 is 0. The maximum atomic E-state index is 14.0. The molecule has 1 fully saturated rings. The predicted octanol–water partition coefficient (Wildman–Crippen LogP) is 1.42. The summed E-state index contributed by atoms with van der Waals surface area (Å²) in [6, 6.07) is 0.577. The van der Waals surface area contributed by atoms with Crippen LogP contribution in [0.15, 0.2) is 28.7 Å². The molecular formula is C30H40N4O7. The number of phenols is 1. The average molecular weight is 569 g/mol. The SMILES string of the molecule is CCN(Cc1cc(O)c2c(c1N(C)C)C[C@H]1C[C@H]3[C@H](N(C)C)C(O)=C(C(N)=O)C(=O)[C@@]3(O)C(O)=C1C2=O)CC1CC1. The minimum absolute atomic E-state index is 0.0310. The van der Waals surface area contributed by atoms with E-state index in [-0.39, 0.29) is 29.7 Å². The summed E-state index contributed by atoms with van der Waals surface area (Å²) >= 11 is 0. The quantitative estimate of drug-likeness (QED) is 0.289. The molecule has 0 bridgehead atoms. The number of rotatable bonds is 8. The lowest BCUT2D eigenvalue weighted by Gasteiger charge is -2.50. The summed E-state index contributed by atoms with van der Waals surface area (Å²) in [4.78, 5) is 45.4. The number of likely N-dealkylation sites (N-methyl/N-ethyl adjacent to an activating group) is 1. The number of nitrogens with zero attached hydrogens (tertiary/aromatic N) is 3. The molecule has 0 radical (unpaired) electrons. The van der Waals surface area contributed by atoms with Crippen molar-refractivity contribution < 1.29 is 34.8 Å². The van der Waals surface area contributed by atoms with E-state index < -0.39 is 58.0 Å². The van der Waals surface area contributed by atoms with Crippen LogP contribution in [0.2, 0.25) is 0 Å². The molecule has 41 heavy (non-hydrogen) atoms. The van der Waals surface area contributed by atoms with Crippen molar-refractivity contribution in [3.8, 4) is 5.75 Å². The van der Waals surface area contributed by atoms with Crippen LogP contribution in [0.5, 0.6) is 5.75 Å². The molecule has 1 aromatic rings. The highest BCUT2D eigenvalue weighted by Crippen LogP contribution is 2.53. The molecule has 1 saturated carbocycles. The molecule has 222 valence electrons. The van der Waals surface area contributed by atoms with Crippen LogP contribution < -0.4 is 10.6 Å². The fourth-order valence-corrected chi connectivity index (χ4v) is 7.26. The van der Waals surface area contributed by atoms with Crippen molar-refractivity contribution in [1.82, 2.24) is 9.80 Å². The standard InChI is InChI=1S/C30H40N4O7/c1-6-34(12-14-7-8-14)13-16-11-19(35)21-17(23(16)32(2)3)9-15-10-18-24(33(4)5)26(37)22(29(31)40)28(39)30(18,41)27(38)20(15)25(21)36/h11,14-15,18,24,35,37-38,41H,6-10,12-13H2,1-5H3,(H2,31,40)/t15-,18-,24-,30-/m0/s1. The summed E-state index contributed by atoms with van der Waals surface area (Å²) in [5, 5.41) is 45.4. The molecule has 0 unspecified atom stereocenters. The van der Waals surface area contributed by atoms with Gasteiger partial charge in [0, 0.05) is 44.4 Å². The second-order valence-corrected chi connectivity index (χ2v) is 12.4. The van der Waals surface area contributed by atoms with Gasteiger partial charge in [0.2, 0.25) is 5.78 Å². The Kier molecular flexibility index (Phi) is 7.20. The molecule has 11 heteroatoms. The predicted molar refractivity (Wildman–Crippen MR) is 152 cm³/mol. The Labute approximate surface area is 239 Å². The van der Waals surface area contributed by atoms with Gasteiger partial charge in [-0.15, -0.1) is 0 Å². The van der Waals surface area contributed by atoms with Crippen molar-refractivity contribution in [2.75, 3.05) is 46.2 Å². The first-order valence-electron chi connectivity index (χ1n) is 14.2. The lowest BCUT2D eigenvalue weighted by molar-refractivity contribution is -0.148. The molecule has 0 spiro atoms.